The summed E-state index contributed by atoms with van der Waals surface area (Å²) in [5, 5.41) is 3.25. The first-order valence-electron chi connectivity index (χ1n) is 5.56. The summed E-state index contributed by atoms with van der Waals surface area (Å²) in [6.45, 7) is -0.413. The molecule has 0 spiro atoms. The minimum Gasteiger partial charge on any atom is -0.487 e. The molecule has 0 aliphatic heterocycles. The largest absolute Gasteiger partial charge is 0.487 e. The Labute approximate surface area is 114 Å². The number of benzene rings is 1. The minimum absolute atomic E-state index is 0.0347. The second-order valence-electron chi connectivity index (χ2n) is 4.13. The van der Waals surface area contributed by atoms with Crippen LogP contribution in [0.15, 0.2) is 18.2 Å². The van der Waals surface area contributed by atoms with E-state index < -0.39 is 35.9 Å². The zero-order chi connectivity index (χ0) is 15.8. The third-order valence-electron chi connectivity index (χ3n) is 2.61. The van der Waals surface area contributed by atoms with Crippen molar-refractivity contribution in [2.75, 3.05) is 0 Å². The fourth-order valence-electron chi connectivity index (χ4n) is 1.55. The standard InChI is InChI=1S/C12H8F6N2O/c1-20-6(2-10(19-20)12(16,17)18)5-21-7-3-8(13)11(15)9(14)4-7/h2-4H,5H2,1H3. The Morgan fingerprint density at radius 3 is 2.14 bits per heavy atom. The number of hydrogen-bond donors (Lipinski definition) is 0. The molecule has 0 bridgehead atoms. The zero-order valence-electron chi connectivity index (χ0n) is 10.5. The van der Waals surface area contributed by atoms with Crippen LogP contribution < -0.4 is 4.74 Å². The predicted molar refractivity (Wildman–Crippen MR) is 58.9 cm³/mol. The van der Waals surface area contributed by atoms with Crippen LogP contribution in [0.3, 0.4) is 0 Å². The van der Waals surface area contributed by atoms with Gasteiger partial charge in [0.1, 0.15) is 12.4 Å². The summed E-state index contributed by atoms with van der Waals surface area (Å²) < 4.78 is 81.8. The SMILES string of the molecule is Cn1nc(C(F)(F)F)cc1COc1cc(F)c(F)c(F)c1. The van der Waals surface area contributed by atoms with Gasteiger partial charge in [-0.3, -0.25) is 4.68 Å². The van der Waals surface area contributed by atoms with E-state index in [-0.39, 0.29) is 11.4 Å². The maximum absolute atomic E-state index is 12.9. The van der Waals surface area contributed by atoms with Crippen LogP contribution in [0.4, 0.5) is 26.3 Å². The Bertz CT molecular complexity index is 641. The third kappa shape index (κ3) is 3.29. The molecule has 2 rings (SSSR count). The summed E-state index contributed by atoms with van der Waals surface area (Å²) >= 11 is 0. The highest BCUT2D eigenvalue weighted by Gasteiger charge is 2.34. The number of alkyl halides is 3. The zero-order valence-corrected chi connectivity index (χ0v) is 10.5. The highest BCUT2D eigenvalue weighted by Crippen LogP contribution is 2.28. The molecule has 1 aromatic heterocycles. The third-order valence-corrected chi connectivity index (χ3v) is 2.61. The van der Waals surface area contributed by atoms with E-state index in [1.165, 1.54) is 7.05 Å². The van der Waals surface area contributed by atoms with Gasteiger partial charge in [0.25, 0.3) is 0 Å². The van der Waals surface area contributed by atoms with E-state index in [0.717, 1.165) is 10.7 Å². The van der Waals surface area contributed by atoms with Crippen LogP contribution in [-0.4, -0.2) is 9.78 Å². The summed E-state index contributed by atoms with van der Waals surface area (Å²) in [5.74, 6) is -4.90. The Kier molecular flexibility index (Phi) is 3.84. The Hall–Kier alpha value is -2.19. The van der Waals surface area contributed by atoms with Crippen molar-refractivity contribution >= 4 is 0 Å². The van der Waals surface area contributed by atoms with Crippen LogP contribution in [0.1, 0.15) is 11.4 Å². The maximum Gasteiger partial charge on any atom is 0.435 e. The average Bonchev–Trinajstić information content (AvgIpc) is 2.74. The number of hydrogen-bond acceptors (Lipinski definition) is 2. The van der Waals surface area contributed by atoms with E-state index in [1.807, 2.05) is 0 Å². The fourth-order valence-corrected chi connectivity index (χ4v) is 1.55. The quantitative estimate of drug-likeness (QED) is 0.641. The average molecular weight is 310 g/mol. The molecule has 0 unspecified atom stereocenters. The van der Waals surface area contributed by atoms with Crippen molar-refractivity contribution < 1.29 is 31.1 Å². The first-order valence-corrected chi connectivity index (χ1v) is 5.56. The Balaban J connectivity index is 2.15. The number of nitrogens with zero attached hydrogens (tertiary/aromatic N) is 2. The topological polar surface area (TPSA) is 27.1 Å². The number of aromatic nitrogens is 2. The molecule has 0 saturated carbocycles. The second-order valence-corrected chi connectivity index (χ2v) is 4.13. The molecule has 2 aromatic rings. The fraction of sp³-hybridized carbons (Fsp3) is 0.250. The van der Waals surface area contributed by atoms with Gasteiger partial charge in [0.2, 0.25) is 0 Å². The van der Waals surface area contributed by atoms with Gasteiger partial charge in [-0.05, 0) is 6.07 Å². The van der Waals surface area contributed by atoms with Gasteiger partial charge < -0.3 is 4.74 Å². The molecule has 21 heavy (non-hydrogen) atoms. The van der Waals surface area contributed by atoms with Gasteiger partial charge in [-0.2, -0.15) is 18.3 Å². The van der Waals surface area contributed by atoms with E-state index >= 15 is 0 Å². The molecule has 1 aromatic carbocycles. The lowest BCUT2D eigenvalue weighted by Crippen LogP contribution is -2.06. The minimum atomic E-state index is -4.61. The predicted octanol–water partition coefficient (Wildman–Crippen LogP) is 3.44. The first kappa shape index (κ1) is 15.2. The molecular weight excluding hydrogens is 302 g/mol. The van der Waals surface area contributed by atoms with E-state index in [9.17, 15) is 26.3 Å². The van der Waals surface area contributed by atoms with Crippen molar-refractivity contribution in [1.82, 2.24) is 9.78 Å². The number of rotatable bonds is 3. The monoisotopic (exact) mass is 310 g/mol. The van der Waals surface area contributed by atoms with Gasteiger partial charge in [-0.15, -0.1) is 0 Å². The normalized spacial score (nSPS) is 11.8. The molecule has 0 fully saturated rings. The van der Waals surface area contributed by atoms with E-state index in [0.29, 0.717) is 12.1 Å². The van der Waals surface area contributed by atoms with Gasteiger partial charge in [-0.25, -0.2) is 13.2 Å². The van der Waals surface area contributed by atoms with Crippen molar-refractivity contribution in [3.63, 3.8) is 0 Å². The lowest BCUT2D eigenvalue weighted by Gasteiger charge is -2.07. The molecule has 0 aliphatic rings. The summed E-state index contributed by atoms with van der Waals surface area (Å²) in [7, 11) is 1.26. The summed E-state index contributed by atoms with van der Waals surface area (Å²) in [4.78, 5) is 0. The van der Waals surface area contributed by atoms with E-state index in [2.05, 4.69) is 5.10 Å². The number of aryl methyl sites for hydroxylation is 1. The van der Waals surface area contributed by atoms with Crippen LogP contribution in [0.25, 0.3) is 0 Å². The number of ether oxygens (including phenoxy) is 1. The maximum atomic E-state index is 12.9. The highest BCUT2D eigenvalue weighted by atomic mass is 19.4. The van der Waals surface area contributed by atoms with Crippen molar-refractivity contribution in [2.24, 2.45) is 7.05 Å². The van der Waals surface area contributed by atoms with Crippen molar-refractivity contribution in [3.8, 4) is 5.75 Å². The van der Waals surface area contributed by atoms with E-state index in [1.54, 1.807) is 0 Å². The summed E-state index contributed by atoms with van der Waals surface area (Å²) in [6.07, 6.45) is -4.61. The lowest BCUT2D eigenvalue weighted by molar-refractivity contribution is -0.141. The molecule has 3 nitrogen and oxygen atoms in total. The van der Waals surface area contributed by atoms with Gasteiger partial charge in [0, 0.05) is 19.2 Å². The number of halogens is 6. The van der Waals surface area contributed by atoms with E-state index in [4.69, 9.17) is 4.74 Å². The van der Waals surface area contributed by atoms with Gasteiger partial charge in [0.15, 0.2) is 23.1 Å². The van der Waals surface area contributed by atoms with Crippen LogP contribution in [0.5, 0.6) is 5.75 Å². The summed E-state index contributed by atoms with van der Waals surface area (Å²) in [5.41, 5.74) is -1.08. The molecule has 0 aliphatic carbocycles. The molecule has 0 radical (unpaired) electrons. The molecular formula is C12H8F6N2O. The van der Waals surface area contributed by atoms with Crippen LogP contribution in [0, 0.1) is 17.5 Å². The molecule has 9 heteroatoms. The first-order chi connectivity index (χ1) is 9.68. The lowest BCUT2D eigenvalue weighted by atomic mass is 10.3. The van der Waals surface area contributed by atoms with Gasteiger partial charge in [-0.1, -0.05) is 0 Å². The van der Waals surface area contributed by atoms with Gasteiger partial charge in [0.05, 0.1) is 5.69 Å². The molecule has 0 saturated heterocycles. The second kappa shape index (κ2) is 5.30. The van der Waals surface area contributed by atoms with Crippen molar-refractivity contribution in [3.05, 3.63) is 47.0 Å². The van der Waals surface area contributed by atoms with Gasteiger partial charge >= 0.3 is 6.18 Å². The Morgan fingerprint density at radius 1 is 1.10 bits per heavy atom. The molecule has 114 valence electrons. The van der Waals surface area contributed by atoms with Crippen LogP contribution >= 0.6 is 0 Å². The highest BCUT2D eigenvalue weighted by molar-refractivity contribution is 5.25. The smallest absolute Gasteiger partial charge is 0.435 e. The van der Waals surface area contributed by atoms with Crippen molar-refractivity contribution in [2.45, 2.75) is 12.8 Å². The summed E-state index contributed by atoms with van der Waals surface area (Å²) in [6, 6.07) is 1.94. The van der Waals surface area contributed by atoms with Crippen molar-refractivity contribution in [1.29, 1.82) is 0 Å². The Morgan fingerprint density at radius 2 is 1.67 bits per heavy atom. The molecule has 0 N–H and O–H groups in total. The molecule has 1 heterocycles. The molecule has 0 atom stereocenters. The van der Waals surface area contributed by atoms with Crippen LogP contribution in [-0.2, 0) is 19.8 Å². The van der Waals surface area contributed by atoms with Crippen LogP contribution in [0.2, 0.25) is 0 Å². The molecule has 0 amide bonds.